The number of nitrogens with two attached hydrogens (primary N) is 2. The molecule has 100 valence electrons. The van der Waals surface area contributed by atoms with Gasteiger partial charge in [-0.2, -0.15) is 0 Å². The lowest BCUT2D eigenvalue weighted by atomic mass is 10.2. The van der Waals surface area contributed by atoms with Gasteiger partial charge < -0.3 is 10.2 Å². The Labute approximate surface area is 114 Å². The van der Waals surface area contributed by atoms with Crippen LogP contribution in [0.25, 0.3) is 0 Å². The van der Waals surface area contributed by atoms with Crippen LogP contribution in [0.5, 0.6) is 0 Å². The molecule has 0 unspecified atom stereocenters. The number of nitrogens with one attached hydrogen (secondary N) is 1. The average Bonchev–Trinajstić information content (AvgIpc) is 2.78. The molecule has 1 amide bonds. The predicted octanol–water partition coefficient (Wildman–Crippen LogP) is 1.46. The number of rotatable bonds is 4. The standard InChI is InChI=1S/C12H14N4O2S/c1-7-9(11(17)16-14)5-8(18-7)6-19-12-10(13)3-2-4-15-12/h2-5H,6,13-14H2,1H3,(H,16,17). The van der Waals surface area contributed by atoms with Crippen LogP contribution in [0.1, 0.15) is 21.9 Å². The van der Waals surface area contributed by atoms with Crippen LogP contribution in [0.3, 0.4) is 0 Å². The molecule has 7 heteroatoms. The van der Waals surface area contributed by atoms with E-state index in [0.717, 1.165) is 5.03 Å². The Morgan fingerprint density at radius 3 is 3.05 bits per heavy atom. The largest absolute Gasteiger partial charge is 0.465 e. The number of anilines is 1. The summed E-state index contributed by atoms with van der Waals surface area (Å²) in [5.41, 5.74) is 8.93. The van der Waals surface area contributed by atoms with E-state index < -0.39 is 0 Å². The predicted molar refractivity (Wildman–Crippen MR) is 73.3 cm³/mol. The topological polar surface area (TPSA) is 107 Å². The van der Waals surface area contributed by atoms with E-state index in [4.69, 9.17) is 16.0 Å². The van der Waals surface area contributed by atoms with E-state index >= 15 is 0 Å². The minimum absolute atomic E-state index is 0.366. The summed E-state index contributed by atoms with van der Waals surface area (Å²) >= 11 is 1.45. The molecule has 0 saturated carbocycles. The molecular formula is C12H14N4O2S. The summed E-state index contributed by atoms with van der Waals surface area (Å²) in [4.78, 5) is 15.6. The Morgan fingerprint density at radius 1 is 1.58 bits per heavy atom. The molecule has 2 aromatic heterocycles. The van der Waals surface area contributed by atoms with Gasteiger partial charge in [-0.05, 0) is 25.1 Å². The van der Waals surface area contributed by atoms with Crippen molar-refractivity contribution in [3.63, 3.8) is 0 Å². The van der Waals surface area contributed by atoms with E-state index in [0.29, 0.717) is 28.5 Å². The fourth-order valence-corrected chi connectivity index (χ4v) is 2.37. The van der Waals surface area contributed by atoms with Crippen LogP contribution in [0.4, 0.5) is 5.69 Å². The fraction of sp³-hybridized carbons (Fsp3) is 0.167. The SMILES string of the molecule is Cc1oc(CSc2ncccc2N)cc1C(=O)NN. The van der Waals surface area contributed by atoms with Crippen LogP contribution < -0.4 is 17.0 Å². The van der Waals surface area contributed by atoms with Gasteiger partial charge >= 0.3 is 0 Å². The smallest absolute Gasteiger partial charge is 0.268 e. The second kappa shape index (κ2) is 5.77. The lowest BCUT2D eigenvalue weighted by Gasteiger charge is -2.01. The van der Waals surface area contributed by atoms with E-state index in [-0.39, 0.29) is 5.91 Å². The number of nitrogen functional groups attached to an aromatic ring is 2. The zero-order valence-corrected chi connectivity index (χ0v) is 11.2. The van der Waals surface area contributed by atoms with Gasteiger partial charge in [0.2, 0.25) is 0 Å². The highest BCUT2D eigenvalue weighted by Crippen LogP contribution is 2.27. The number of carbonyl (C=O) groups excluding carboxylic acids is 1. The Bertz CT molecular complexity index is 597. The van der Waals surface area contributed by atoms with Crippen LogP contribution in [0, 0.1) is 6.92 Å². The molecule has 2 aromatic rings. The summed E-state index contributed by atoms with van der Waals surface area (Å²) < 4.78 is 5.49. The number of aryl methyl sites for hydroxylation is 1. The molecule has 0 saturated heterocycles. The van der Waals surface area contributed by atoms with Crippen LogP contribution in [-0.4, -0.2) is 10.9 Å². The molecule has 0 radical (unpaired) electrons. The molecular weight excluding hydrogens is 264 g/mol. The molecule has 0 spiro atoms. The van der Waals surface area contributed by atoms with Gasteiger partial charge in [-0.3, -0.25) is 10.2 Å². The van der Waals surface area contributed by atoms with Crippen molar-refractivity contribution in [3.05, 3.63) is 41.5 Å². The maximum absolute atomic E-state index is 11.4. The van der Waals surface area contributed by atoms with E-state index in [1.54, 1.807) is 31.3 Å². The first-order valence-corrected chi connectivity index (χ1v) is 6.54. The molecule has 0 aliphatic rings. The first kappa shape index (κ1) is 13.4. The molecule has 5 N–H and O–H groups in total. The number of nitrogens with zero attached hydrogens (tertiary/aromatic N) is 1. The molecule has 0 atom stereocenters. The normalized spacial score (nSPS) is 10.4. The molecule has 6 nitrogen and oxygen atoms in total. The quantitative estimate of drug-likeness (QED) is 0.338. The van der Waals surface area contributed by atoms with Gasteiger partial charge in [-0.25, -0.2) is 10.8 Å². The first-order chi connectivity index (χ1) is 9.11. The van der Waals surface area contributed by atoms with Gasteiger partial charge in [-0.1, -0.05) is 11.8 Å². The van der Waals surface area contributed by atoms with Crippen molar-refractivity contribution >= 4 is 23.4 Å². The maximum Gasteiger partial charge on any atom is 0.268 e. The van der Waals surface area contributed by atoms with Crippen LogP contribution in [-0.2, 0) is 5.75 Å². The number of aromatic nitrogens is 1. The zero-order valence-electron chi connectivity index (χ0n) is 10.3. The molecule has 0 aliphatic carbocycles. The number of pyridine rings is 1. The second-order valence-corrected chi connectivity index (χ2v) is 4.81. The lowest BCUT2D eigenvalue weighted by molar-refractivity contribution is 0.0952. The highest BCUT2D eigenvalue weighted by Gasteiger charge is 2.14. The summed E-state index contributed by atoms with van der Waals surface area (Å²) in [6.45, 7) is 1.72. The van der Waals surface area contributed by atoms with E-state index in [1.807, 2.05) is 0 Å². The number of thioether (sulfide) groups is 1. The average molecular weight is 278 g/mol. The summed E-state index contributed by atoms with van der Waals surface area (Å²) in [6, 6.07) is 5.24. The maximum atomic E-state index is 11.4. The third kappa shape index (κ3) is 3.07. The third-order valence-electron chi connectivity index (χ3n) is 2.50. The van der Waals surface area contributed by atoms with Gasteiger partial charge in [0.25, 0.3) is 5.91 Å². The Kier molecular flexibility index (Phi) is 4.08. The second-order valence-electron chi connectivity index (χ2n) is 3.84. The molecule has 0 fully saturated rings. The van der Waals surface area contributed by atoms with E-state index in [2.05, 4.69) is 10.4 Å². The van der Waals surface area contributed by atoms with Gasteiger partial charge in [0, 0.05) is 6.20 Å². The minimum Gasteiger partial charge on any atom is -0.465 e. The van der Waals surface area contributed by atoms with Crippen LogP contribution in [0.2, 0.25) is 0 Å². The number of carbonyl (C=O) groups is 1. The number of hydrazine groups is 1. The van der Waals surface area contributed by atoms with Crippen molar-refractivity contribution < 1.29 is 9.21 Å². The van der Waals surface area contributed by atoms with Gasteiger partial charge in [0.15, 0.2) is 0 Å². The lowest BCUT2D eigenvalue weighted by Crippen LogP contribution is -2.30. The molecule has 0 aromatic carbocycles. The number of furan rings is 1. The van der Waals surface area contributed by atoms with Crippen molar-refractivity contribution in [1.29, 1.82) is 0 Å². The highest BCUT2D eigenvalue weighted by molar-refractivity contribution is 7.98. The first-order valence-electron chi connectivity index (χ1n) is 5.55. The van der Waals surface area contributed by atoms with E-state index in [1.165, 1.54) is 11.8 Å². The Balaban J connectivity index is 2.09. The van der Waals surface area contributed by atoms with Crippen molar-refractivity contribution in [2.75, 3.05) is 5.73 Å². The molecule has 2 heterocycles. The fourth-order valence-electron chi connectivity index (χ4n) is 1.58. The summed E-state index contributed by atoms with van der Waals surface area (Å²) in [7, 11) is 0. The monoisotopic (exact) mass is 278 g/mol. The van der Waals surface area contributed by atoms with E-state index in [9.17, 15) is 4.79 Å². The van der Waals surface area contributed by atoms with Crippen molar-refractivity contribution in [2.24, 2.45) is 5.84 Å². The van der Waals surface area contributed by atoms with Crippen molar-refractivity contribution in [1.82, 2.24) is 10.4 Å². The van der Waals surface area contributed by atoms with Gasteiger partial charge in [0.05, 0.1) is 17.0 Å². The summed E-state index contributed by atoms with van der Waals surface area (Å²) in [6.07, 6.45) is 1.68. The van der Waals surface area contributed by atoms with Crippen molar-refractivity contribution in [2.45, 2.75) is 17.7 Å². The minimum atomic E-state index is -0.366. The molecule has 19 heavy (non-hydrogen) atoms. The highest BCUT2D eigenvalue weighted by atomic mass is 32.2. The van der Waals surface area contributed by atoms with Crippen molar-refractivity contribution in [3.8, 4) is 0 Å². The van der Waals surface area contributed by atoms with Crippen LogP contribution in [0.15, 0.2) is 33.8 Å². The molecule has 0 aliphatic heterocycles. The Morgan fingerprint density at radius 2 is 2.37 bits per heavy atom. The van der Waals surface area contributed by atoms with Gasteiger partial charge in [-0.15, -0.1) is 0 Å². The number of amides is 1. The number of hydrogen-bond acceptors (Lipinski definition) is 6. The molecule has 0 bridgehead atoms. The third-order valence-corrected chi connectivity index (χ3v) is 3.54. The summed E-state index contributed by atoms with van der Waals surface area (Å²) in [5, 5.41) is 0.737. The summed E-state index contributed by atoms with van der Waals surface area (Å²) in [5.74, 6) is 6.48. The van der Waals surface area contributed by atoms with Gasteiger partial charge in [0.1, 0.15) is 16.5 Å². The Hall–Kier alpha value is -1.99. The zero-order chi connectivity index (χ0) is 13.8. The number of hydrogen-bond donors (Lipinski definition) is 3. The molecule has 2 rings (SSSR count). The van der Waals surface area contributed by atoms with Crippen LogP contribution >= 0.6 is 11.8 Å².